The van der Waals surface area contributed by atoms with Gasteiger partial charge in [-0.15, -0.1) is 0 Å². The predicted molar refractivity (Wildman–Crippen MR) is 136 cm³/mol. The van der Waals surface area contributed by atoms with Crippen LogP contribution in [0.5, 0.6) is 0 Å². The molecule has 1 amide bonds. The molecule has 5 aromatic rings. The number of anilines is 1. The van der Waals surface area contributed by atoms with Crippen LogP contribution in [-0.2, 0) is 4.79 Å². The number of nitrogens with zero attached hydrogens (tertiary/aromatic N) is 1. The van der Waals surface area contributed by atoms with Crippen LogP contribution in [0.4, 0.5) is 5.69 Å². The number of benzene rings is 3. The van der Waals surface area contributed by atoms with Crippen molar-refractivity contribution in [1.29, 1.82) is 0 Å². The van der Waals surface area contributed by atoms with E-state index >= 15 is 0 Å². The second-order valence-corrected chi connectivity index (χ2v) is 8.36. The Bertz CT molecular complexity index is 1510. The van der Waals surface area contributed by atoms with E-state index in [1.54, 1.807) is 6.08 Å². The molecule has 168 valence electrons. The summed E-state index contributed by atoms with van der Waals surface area (Å²) in [6.07, 6.45) is 3.07. The SMILES string of the molecule is Cc1ccc(-c2ccc(/C=C/C(=O)Nc3cccc(-c4nc5ccccc5o4)c3C)o2)cc1Cl. The minimum atomic E-state index is -0.269. The van der Waals surface area contributed by atoms with Crippen molar-refractivity contribution in [3.8, 4) is 22.8 Å². The average molecular weight is 469 g/mol. The van der Waals surface area contributed by atoms with Gasteiger partial charge >= 0.3 is 0 Å². The van der Waals surface area contributed by atoms with Gasteiger partial charge in [0.05, 0.1) is 0 Å². The molecule has 0 aliphatic heterocycles. The zero-order valence-corrected chi connectivity index (χ0v) is 19.4. The molecule has 0 saturated carbocycles. The Balaban J connectivity index is 1.32. The highest BCUT2D eigenvalue weighted by molar-refractivity contribution is 6.31. The molecule has 2 heterocycles. The number of amides is 1. The molecule has 0 spiro atoms. The molecule has 0 fully saturated rings. The molecular weight excluding hydrogens is 448 g/mol. The Hall–Kier alpha value is -4.09. The van der Waals surface area contributed by atoms with Crippen LogP contribution in [0.15, 0.2) is 87.7 Å². The number of furan rings is 1. The Morgan fingerprint density at radius 2 is 1.82 bits per heavy atom. The lowest BCUT2D eigenvalue weighted by molar-refractivity contribution is -0.111. The number of nitrogens with one attached hydrogen (secondary N) is 1. The Kier molecular flexibility index (Phi) is 5.78. The van der Waals surface area contributed by atoms with E-state index in [4.69, 9.17) is 20.4 Å². The van der Waals surface area contributed by atoms with Crippen molar-refractivity contribution in [3.63, 3.8) is 0 Å². The van der Waals surface area contributed by atoms with E-state index in [1.165, 1.54) is 6.08 Å². The molecule has 5 nitrogen and oxygen atoms in total. The first kappa shape index (κ1) is 21.7. The second-order valence-electron chi connectivity index (χ2n) is 7.95. The van der Waals surface area contributed by atoms with Crippen LogP contribution < -0.4 is 5.32 Å². The highest BCUT2D eigenvalue weighted by atomic mass is 35.5. The maximum absolute atomic E-state index is 12.6. The van der Waals surface area contributed by atoms with Gasteiger partial charge < -0.3 is 14.2 Å². The number of hydrogen-bond donors (Lipinski definition) is 1. The lowest BCUT2D eigenvalue weighted by atomic mass is 10.1. The lowest BCUT2D eigenvalue weighted by Crippen LogP contribution is -2.09. The van der Waals surface area contributed by atoms with Crippen LogP contribution in [0, 0.1) is 13.8 Å². The fourth-order valence-corrected chi connectivity index (χ4v) is 3.85. The lowest BCUT2D eigenvalue weighted by Gasteiger charge is -2.09. The van der Waals surface area contributed by atoms with E-state index in [2.05, 4.69) is 10.3 Å². The molecule has 3 aromatic carbocycles. The van der Waals surface area contributed by atoms with Gasteiger partial charge in [0.1, 0.15) is 17.0 Å². The number of carbonyl (C=O) groups is 1. The summed E-state index contributed by atoms with van der Waals surface area (Å²) < 4.78 is 11.7. The molecule has 0 aliphatic rings. The first-order valence-corrected chi connectivity index (χ1v) is 11.2. The maximum Gasteiger partial charge on any atom is 0.248 e. The number of hydrogen-bond acceptors (Lipinski definition) is 4. The highest BCUT2D eigenvalue weighted by Gasteiger charge is 2.13. The number of aromatic nitrogens is 1. The highest BCUT2D eigenvalue weighted by Crippen LogP contribution is 2.31. The molecule has 2 aromatic heterocycles. The van der Waals surface area contributed by atoms with Crippen molar-refractivity contribution in [3.05, 3.63) is 101 Å². The van der Waals surface area contributed by atoms with Gasteiger partial charge in [0.25, 0.3) is 0 Å². The Morgan fingerprint density at radius 3 is 2.65 bits per heavy atom. The van der Waals surface area contributed by atoms with Gasteiger partial charge in [-0.25, -0.2) is 4.98 Å². The molecule has 0 unspecified atom stereocenters. The van der Waals surface area contributed by atoms with Crippen LogP contribution in [0.25, 0.3) is 40.0 Å². The van der Waals surface area contributed by atoms with Gasteiger partial charge in [-0.2, -0.15) is 0 Å². The smallest absolute Gasteiger partial charge is 0.248 e. The standard InChI is InChI=1S/C28H21ClN2O3/c1-17-10-11-19(16-22(17)29)25-14-12-20(33-25)13-15-27(32)30-23-8-5-6-21(18(23)2)28-31-24-7-3-4-9-26(24)34-28/h3-16H,1-2H3,(H,30,32)/b15-13+. The molecule has 1 N–H and O–H groups in total. The van der Waals surface area contributed by atoms with Crippen molar-refractivity contribution < 1.29 is 13.6 Å². The number of fused-ring (bicyclic) bond motifs is 1. The summed E-state index contributed by atoms with van der Waals surface area (Å²) in [5, 5.41) is 3.60. The number of rotatable bonds is 5. The quantitative estimate of drug-likeness (QED) is 0.268. The van der Waals surface area contributed by atoms with E-state index in [0.717, 1.165) is 33.4 Å². The van der Waals surface area contributed by atoms with Crippen molar-refractivity contribution in [1.82, 2.24) is 4.98 Å². The largest absolute Gasteiger partial charge is 0.457 e. The summed E-state index contributed by atoms with van der Waals surface area (Å²) in [6, 6.07) is 22.7. The molecular formula is C28H21ClN2O3. The summed E-state index contributed by atoms with van der Waals surface area (Å²) in [4.78, 5) is 17.2. The van der Waals surface area contributed by atoms with E-state index in [-0.39, 0.29) is 5.91 Å². The molecule has 0 bridgehead atoms. The number of oxazole rings is 1. The number of aryl methyl sites for hydroxylation is 1. The van der Waals surface area contributed by atoms with E-state index < -0.39 is 0 Å². The van der Waals surface area contributed by atoms with Gasteiger partial charge in [0.15, 0.2) is 5.58 Å². The zero-order valence-electron chi connectivity index (χ0n) is 18.6. The van der Waals surface area contributed by atoms with E-state index in [1.807, 2.05) is 86.6 Å². The summed E-state index contributed by atoms with van der Waals surface area (Å²) in [5.74, 6) is 1.50. The summed E-state index contributed by atoms with van der Waals surface area (Å²) in [6.45, 7) is 3.88. The number of halogens is 1. The first-order chi connectivity index (χ1) is 16.5. The Morgan fingerprint density at radius 1 is 0.971 bits per heavy atom. The van der Waals surface area contributed by atoms with Crippen molar-refractivity contribution in [2.24, 2.45) is 0 Å². The third kappa shape index (κ3) is 4.38. The van der Waals surface area contributed by atoms with E-state index in [9.17, 15) is 4.79 Å². The predicted octanol–water partition coefficient (Wildman–Crippen LogP) is 7.68. The fraction of sp³-hybridized carbons (Fsp3) is 0.0714. The number of para-hydroxylation sites is 2. The minimum Gasteiger partial charge on any atom is -0.457 e. The van der Waals surface area contributed by atoms with Gasteiger partial charge in [-0.1, -0.05) is 41.9 Å². The molecule has 0 saturated heterocycles. The molecule has 0 atom stereocenters. The van der Waals surface area contributed by atoms with Gasteiger partial charge in [0, 0.05) is 27.9 Å². The normalized spacial score (nSPS) is 11.4. The zero-order chi connectivity index (χ0) is 23.7. The summed E-state index contributed by atoms with van der Waals surface area (Å²) in [7, 11) is 0. The van der Waals surface area contributed by atoms with Crippen molar-refractivity contribution >= 4 is 40.4 Å². The number of carbonyl (C=O) groups excluding carboxylic acids is 1. The molecule has 0 radical (unpaired) electrons. The third-order valence-corrected chi connectivity index (χ3v) is 6.01. The van der Waals surface area contributed by atoms with E-state index in [0.29, 0.717) is 28.1 Å². The van der Waals surface area contributed by atoms with Crippen LogP contribution in [0.1, 0.15) is 16.9 Å². The van der Waals surface area contributed by atoms with Gasteiger partial charge in [0.2, 0.25) is 11.8 Å². The van der Waals surface area contributed by atoms with Crippen LogP contribution in [0.3, 0.4) is 0 Å². The molecule has 6 heteroatoms. The van der Waals surface area contributed by atoms with Crippen molar-refractivity contribution in [2.75, 3.05) is 5.32 Å². The first-order valence-electron chi connectivity index (χ1n) is 10.8. The van der Waals surface area contributed by atoms with Gasteiger partial charge in [-0.05, 0) is 73.5 Å². The third-order valence-electron chi connectivity index (χ3n) is 5.60. The Labute approximate surface area is 201 Å². The average Bonchev–Trinajstić information content (AvgIpc) is 3.48. The van der Waals surface area contributed by atoms with Crippen molar-refractivity contribution in [2.45, 2.75) is 13.8 Å². The van der Waals surface area contributed by atoms with Crippen LogP contribution in [-0.4, -0.2) is 10.9 Å². The molecule has 5 rings (SSSR count). The maximum atomic E-state index is 12.6. The topological polar surface area (TPSA) is 68.3 Å². The fourth-order valence-electron chi connectivity index (χ4n) is 3.67. The summed E-state index contributed by atoms with van der Waals surface area (Å²) in [5.41, 5.74) is 5.78. The van der Waals surface area contributed by atoms with Crippen LogP contribution >= 0.6 is 11.6 Å². The molecule has 0 aliphatic carbocycles. The van der Waals surface area contributed by atoms with Crippen LogP contribution in [0.2, 0.25) is 5.02 Å². The monoisotopic (exact) mass is 468 g/mol. The van der Waals surface area contributed by atoms with Gasteiger partial charge in [-0.3, -0.25) is 4.79 Å². The second kappa shape index (κ2) is 9.04. The molecule has 34 heavy (non-hydrogen) atoms. The minimum absolute atomic E-state index is 0.269. The summed E-state index contributed by atoms with van der Waals surface area (Å²) >= 11 is 6.22.